The summed E-state index contributed by atoms with van der Waals surface area (Å²) in [6.45, 7) is 0.562. The molecule has 1 saturated heterocycles. The van der Waals surface area contributed by atoms with Gasteiger partial charge in [0.2, 0.25) is 5.91 Å². The molecule has 1 aromatic carbocycles. The summed E-state index contributed by atoms with van der Waals surface area (Å²) in [5.74, 6) is 1.11. The van der Waals surface area contributed by atoms with Crippen LogP contribution in [0.4, 0.5) is 0 Å². The predicted octanol–water partition coefficient (Wildman–Crippen LogP) is 1.11. The van der Waals surface area contributed by atoms with Crippen LogP contribution in [0.15, 0.2) is 12.1 Å². The molecule has 1 atom stereocenters. The van der Waals surface area contributed by atoms with Crippen molar-refractivity contribution in [2.24, 2.45) is 0 Å². The van der Waals surface area contributed by atoms with Crippen LogP contribution in [0.1, 0.15) is 29.6 Å². The van der Waals surface area contributed by atoms with Crippen molar-refractivity contribution in [3.63, 3.8) is 0 Å². The van der Waals surface area contributed by atoms with Crippen molar-refractivity contribution in [1.29, 1.82) is 0 Å². The number of rotatable bonds is 5. The molecular formula is C16H22N2O5. The molecule has 1 fully saturated rings. The topological polar surface area (TPSA) is 85.9 Å². The number of amides is 2. The van der Waals surface area contributed by atoms with E-state index in [2.05, 4.69) is 10.6 Å². The number of benzene rings is 1. The first-order chi connectivity index (χ1) is 11.1. The molecular weight excluding hydrogens is 300 g/mol. The van der Waals surface area contributed by atoms with Gasteiger partial charge in [0.1, 0.15) is 5.75 Å². The van der Waals surface area contributed by atoms with Crippen molar-refractivity contribution in [3.05, 3.63) is 17.7 Å². The molecule has 0 bridgehead atoms. The standard InChI is InChI=1S/C16H22N2O5/c1-21-12-9-14(23-3)13(22-2)8-11(12)16(20)18-10-4-5-15(19)17-7-6-10/h8-10H,4-7H2,1-3H3,(H,17,19)(H,18,20). The minimum absolute atomic E-state index is 0.0189. The fraction of sp³-hybridized carbons (Fsp3) is 0.500. The Hall–Kier alpha value is -2.44. The molecule has 1 aliphatic heterocycles. The van der Waals surface area contributed by atoms with Crippen molar-refractivity contribution >= 4 is 11.8 Å². The van der Waals surface area contributed by atoms with Crippen molar-refractivity contribution in [1.82, 2.24) is 10.6 Å². The maximum absolute atomic E-state index is 12.6. The van der Waals surface area contributed by atoms with E-state index in [-0.39, 0.29) is 17.9 Å². The third kappa shape index (κ3) is 4.06. The second kappa shape index (κ2) is 7.71. The van der Waals surface area contributed by atoms with Crippen LogP contribution in [0, 0.1) is 0 Å². The van der Waals surface area contributed by atoms with Crippen LogP contribution in [0.25, 0.3) is 0 Å². The van der Waals surface area contributed by atoms with E-state index in [1.165, 1.54) is 21.3 Å². The van der Waals surface area contributed by atoms with Gasteiger partial charge in [0.15, 0.2) is 11.5 Å². The third-order valence-electron chi connectivity index (χ3n) is 3.82. The number of carbonyl (C=O) groups excluding carboxylic acids is 2. The smallest absolute Gasteiger partial charge is 0.255 e. The maximum atomic E-state index is 12.6. The van der Waals surface area contributed by atoms with Gasteiger partial charge in [-0.2, -0.15) is 0 Å². The summed E-state index contributed by atoms with van der Waals surface area (Å²) in [4.78, 5) is 23.9. The number of nitrogens with one attached hydrogen (secondary N) is 2. The van der Waals surface area contributed by atoms with Crippen LogP contribution < -0.4 is 24.8 Å². The lowest BCUT2D eigenvalue weighted by Crippen LogP contribution is -2.35. The van der Waals surface area contributed by atoms with E-state index in [4.69, 9.17) is 14.2 Å². The number of methoxy groups -OCH3 is 3. The second-order valence-electron chi connectivity index (χ2n) is 5.26. The van der Waals surface area contributed by atoms with Gasteiger partial charge in [-0.15, -0.1) is 0 Å². The molecule has 0 spiro atoms. The van der Waals surface area contributed by atoms with Crippen LogP contribution in [0.5, 0.6) is 17.2 Å². The largest absolute Gasteiger partial charge is 0.496 e. The Morgan fingerprint density at radius 1 is 1.09 bits per heavy atom. The average molecular weight is 322 g/mol. The highest BCUT2D eigenvalue weighted by Crippen LogP contribution is 2.34. The van der Waals surface area contributed by atoms with Crippen LogP contribution in [-0.2, 0) is 4.79 Å². The van der Waals surface area contributed by atoms with Crippen molar-refractivity contribution < 1.29 is 23.8 Å². The summed E-state index contributed by atoms with van der Waals surface area (Å²) >= 11 is 0. The van der Waals surface area contributed by atoms with Gasteiger partial charge in [0.25, 0.3) is 5.91 Å². The molecule has 7 heteroatoms. The molecule has 2 rings (SSSR count). The normalized spacial score (nSPS) is 17.7. The zero-order chi connectivity index (χ0) is 16.8. The zero-order valence-corrected chi connectivity index (χ0v) is 13.6. The van der Waals surface area contributed by atoms with E-state index in [1.807, 2.05) is 0 Å². The van der Waals surface area contributed by atoms with E-state index in [9.17, 15) is 9.59 Å². The number of ether oxygens (including phenoxy) is 3. The SMILES string of the molecule is COc1cc(OC)c(C(=O)NC2CCNC(=O)CC2)cc1OC. The molecule has 0 saturated carbocycles. The number of hydrogen-bond donors (Lipinski definition) is 2. The summed E-state index contributed by atoms with van der Waals surface area (Å²) in [6, 6.07) is 3.15. The van der Waals surface area contributed by atoms with Crippen molar-refractivity contribution in [2.75, 3.05) is 27.9 Å². The van der Waals surface area contributed by atoms with Crippen LogP contribution in [-0.4, -0.2) is 45.7 Å². The zero-order valence-electron chi connectivity index (χ0n) is 13.6. The lowest BCUT2D eigenvalue weighted by atomic mass is 10.1. The molecule has 1 unspecified atom stereocenters. The molecule has 1 aromatic rings. The summed E-state index contributed by atoms with van der Waals surface area (Å²) in [5, 5.41) is 5.74. The van der Waals surface area contributed by atoms with Gasteiger partial charge in [-0.3, -0.25) is 9.59 Å². The Balaban J connectivity index is 2.19. The fourth-order valence-corrected chi connectivity index (χ4v) is 2.54. The lowest BCUT2D eigenvalue weighted by Gasteiger charge is -2.18. The van der Waals surface area contributed by atoms with Crippen LogP contribution in [0.3, 0.4) is 0 Å². The molecule has 0 aromatic heterocycles. The van der Waals surface area contributed by atoms with Gasteiger partial charge >= 0.3 is 0 Å². The lowest BCUT2D eigenvalue weighted by molar-refractivity contribution is -0.120. The fourth-order valence-electron chi connectivity index (χ4n) is 2.54. The highest BCUT2D eigenvalue weighted by molar-refractivity contribution is 5.98. The Kier molecular flexibility index (Phi) is 5.67. The molecule has 2 N–H and O–H groups in total. The predicted molar refractivity (Wildman–Crippen MR) is 84.2 cm³/mol. The number of hydrogen-bond acceptors (Lipinski definition) is 5. The molecule has 7 nitrogen and oxygen atoms in total. The Morgan fingerprint density at radius 2 is 1.74 bits per heavy atom. The summed E-state index contributed by atoms with van der Waals surface area (Å²) < 4.78 is 15.7. The average Bonchev–Trinajstić information content (AvgIpc) is 2.77. The van der Waals surface area contributed by atoms with E-state index in [0.717, 1.165) is 0 Å². The van der Waals surface area contributed by atoms with Gasteiger partial charge in [0, 0.05) is 31.1 Å². The minimum Gasteiger partial charge on any atom is -0.496 e. The molecule has 2 amide bonds. The molecule has 126 valence electrons. The monoisotopic (exact) mass is 322 g/mol. The molecule has 1 aliphatic rings. The van der Waals surface area contributed by atoms with E-state index in [0.29, 0.717) is 48.6 Å². The van der Waals surface area contributed by atoms with E-state index >= 15 is 0 Å². The molecule has 23 heavy (non-hydrogen) atoms. The minimum atomic E-state index is -0.262. The quantitative estimate of drug-likeness (QED) is 0.848. The number of carbonyl (C=O) groups is 2. The van der Waals surface area contributed by atoms with E-state index in [1.54, 1.807) is 12.1 Å². The first-order valence-electron chi connectivity index (χ1n) is 7.46. The Morgan fingerprint density at radius 3 is 2.39 bits per heavy atom. The third-order valence-corrected chi connectivity index (χ3v) is 3.82. The van der Waals surface area contributed by atoms with Gasteiger partial charge in [-0.05, 0) is 12.8 Å². The van der Waals surface area contributed by atoms with Crippen molar-refractivity contribution in [2.45, 2.75) is 25.3 Å². The highest BCUT2D eigenvalue weighted by atomic mass is 16.5. The summed E-state index contributed by atoms with van der Waals surface area (Å²) in [7, 11) is 4.52. The first kappa shape index (κ1) is 16.9. The summed E-state index contributed by atoms with van der Waals surface area (Å²) in [6.07, 6.45) is 1.73. The molecule has 1 heterocycles. The highest BCUT2D eigenvalue weighted by Gasteiger charge is 2.22. The van der Waals surface area contributed by atoms with Gasteiger partial charge in [-0.1, -0.05) is 0 Å². The van der Waals surface area contributed by atoms with Crippen LogP contribution >= 0.6 is 0 Å². The van der Waals surface area contributed by atoms with E-state index < -0.39 is 0 Å². The Labute approximate surface area is 135 Å². The first-order valence-corrected chi connectivity index (χ1v) is 7.46. The maximum Gasteiger partial charge on any atom is 0.255 e. The molecule has 0 radical (unpaired) electrons. The van der Waals surface area contributed by atoms with Crippen molar-refractivity contribution in [3.8, 4) is 17.2 Å². The van der Waals surface area contributed by atoms with Gasteiger partial charge in [0.05, 0.1) is 26.9 Å². The second-order valence-corrected chi connectivity index (χ2v) is 5.26. The molecule has 0 aliphatic carbocycles. The Bertz CT molecular complexity index is 588. The van der Waals surface area contributed by atoms with Crippen LogP contribution in [0.2, 0.25) is 0 Å². The van der Waals surface area contributed by atoms with Gasteiger partial charge < -0.3 is 24.8 Å². The van der Waals surface area contributed by atoms with Gasteiger partial charge in [-0.25, -0.2) is 0 Å². The summed E-state index contributed by atoms with van der Waals surface area (Å²) in [5.41, 5.74) is 0.369.